The highest BCUT2D eigenvalue weighted by atomic mass is 35.5. The van der Waals surface area contributed by atoms with Crippen molar-refractivity contribution in [2.75, 3.05) is 31.6 Å². The van der Waals surface area contributed by atoms with Crippen molar-refractivity contribution < 1.29 is 27.5 Å². The predicted molar refractivity (Wildman–Crippen MR) is 169 cm³/mol. The number of halogens is 1. The molecule has 11 heteroatoms. The molecular formula is C32H40ClN3O6S. The van der Waals surface area contributed by atoms with E-state index < -0.39 is 28.5 Å². The minimum Gasteiger partial charge on any atom is -0.493 e. The molecule has 9 nitrogen and oxygen atoms in total. The number of anilines is 1. The van der Waals surface area contributed by atoms with Crippen LogP contribution in [0.1, 0.15) is 37.5 Å². The van der Waals surface area contributed by atoms with Crippen LogP contribution in [-0.2, 0) is 26.2 Å². The van der Waals surface area contributed by atoms with Crippen molar-refractivity contribution in [1.29, 1.82) is 0 Å². The van der Waals surface area contributed by atoms with Gasteiger partial charge in [-0.15, -0.1) is 0 Å². The van der Waals surface area contributed by atoms with Crippen LogP contribution in [0.4, 0.5) is 5.69 Å². The summed E-state index contributed by atoms with van der Waals surface area (Å²) in [5.41, 5.74) is 2.59. The maximum atomic E-state index is 14.2. The number of benzene rings is 3. The fraction of sp³-hybridized carbons (Fsp3) is 0.375. The number of sulfonamides is 1. The molecule has 0 heterocycles. The van der Waals surface area contributed by atoms with Gasteiger partial charge in [0.15, 0.2) is 11.5 Å². The molecule has 0 spiro atoms. The number of hydrogen-bond acceptors (Lipinski definition) is 6. The molecular weight excluding hydrogens is 590 g/mol. The van der Waals surface area contributed by atoms with Gasteiger partial charge in [-0.05, 0) is 73.7 Å². The predicted octanol–water partition coefficient (Wildman–Crippen LogP) is 5.36. The second-order valence-corrected chi connectivity index (χ2v) is 13.1. The Bertz CT molecular complexity index is 1540. The number of rotatable bonds is 13. The summed E-state index contributed by atoms with van der Waals surface area (Å²) in [5.74, 6) is -0.130. The molecule has 2 amide bonds. The maximum Gasteiger partial charge on any atom is 0.264 e. The molecule has 0 saturated carbocycles. The van der Waals surface area contributed by atoms with E-state index in [1.807, 2.05) is 33.8 Å². The normalized spacial score (nSPS) is 12.0. The molecule has 0 aromatic heterocycles. The van der Waals surface area contributed by atoms with Gasteiger partial charge in [-0.25, -0.2) is 8.42 Å². The van der Waals surface area contributed by atoms with Gasteiger partial charge in [0.05, 0.1) is 24.8 Å². The van der Waals surface area contributed by atoms with Gasteiger partial charge >= 0.3 is 0 Å². The molecule has 0 radical (unpaired) electrons. The lowest BCUT2D eigenvalue weighted by Gasteiger charge is -2.32. The van der Waals surface area contributed by atoms with Crippen molar-refractivity contribution in [2.45, 2.75) is 52.1 Å². The maximum absolute atomic E-state index is 14.2. The van der Waals surface area contributed by atoms with E-state index in [4.69, 9.17) is 21.1 Å². The molecule has 0 fully saturated rings. The molecule has 1 atom stereocenters. The average Bonchev–Trinajstić information content (AvgIpc) is 2.96. The molecule has 3 aromatic rings. The summed E-state index contributed by atoms with van der Waals surface area (Å²) in [5, 5.41) is 3.30. The first-order valence-corrected chi connectivity index (χ1v) is 15.7. The number of nitrogens with zero attached hydrogens (tertiary/aromatic N) is 2. The van der Waals surface area contributed by atoms with Gasteiger partial charge in [-0.3, -0.25) is 13.9 Å². The van der Waals surface area contributed by atoms with Crippen LogP contribution < -0.4 is 19.1 Å². The zero-order valence-corrected chi connectivity index (χ0v) is 27.3. The van der Waals surface area contributed by atoms with Crippen molar-refractivity contribution in [3.8, 4) is 11.5 Å². The molecule has 0 unspecified atom stereocenters. The van der Waals surface area contributed by atoms with Crippen molar-refractivity contribution >= 4 is 39.1 Å². The summed E-state index contributed by atoms with van der Waals surface area (Å²) in [6.07, 6.45) is 0. The van der Waals surface area contributed by atoms with Gasteiger partial charge in [0.25, 0.3) is 10.0 Å². The van der Waals surface area contributed by atoms with E-state index in [-0.39, 0.29) is 29.0 Å². The Labute approximate surface area is 259 Å². The van der Waals surface area contributed by atoms with Crippen LogP contribution in [-0.4, -0.2) is 58.5 Å². The number of aryl methyl sites for hydroxylation is 2. The van der Waals surface area contributed by atoms with Gasteiger partial charge in [0, 0.05) is 24.2 Å². The number of methoxy groups -OCH3 is 2. The highest BCUT2D eigenvalue weighted by Gasteiger charge is 2.33. The Kier molecular flexibility index (Phi) is 11.5. The molecule has 0 saturated heterocycles. The minimum atomic E-state index is -4.30. The van der Waals surface area contributed by atoms with E-state index >= 15 is 0 Å². The number of carbonyl (C=O) groups is 2. The van der Waals surface area contributed by atoms with Crippen LogP contribution >= 0.6 is 11.6 Å². The molecule has 232 valence electrons. The highest BCUT2D eigenvalue weighted by Crippen LogP contribution is 2.33. The number of nitrogens with one attached hydrogen (secondary N) is 1. The van der Waals surface area contributed by atoms with E-state index in [1.54, 1.807) is 43.3 Å². The summed E-state index contributed by atoms with van der Waals surface area (Å²) in [6.45, 7) is 9.14. The summed E-state index contributed by atoms with van der Waals surface area (Å²) in [7, 11) is -1.43. The number of carbonyl (C=O) groups excluding carboxylic acids is 2. The first-order valence-electron chi connectivity index (χ1n) is 13.9. The third kappa shape index (κ3) is 8.42. The number of hydrogen-bond donors (Lipinski definition) is 1. The Balaban J connectivity index is 2.10. The van der Waals surface area contributed by atoms with Crippen LogP contribution in [0.25, 0.3) is 0 Å². The van der Waals surface area contributed by atoms with E-state index in [9.17, 15) is 18.0 Å². The largest absolute Gasteiger partial charge is 0.493 e. The zero-order chi connectivity index (χ0) is 31.9. The van der Waals surface area contributed by atoms with Gasteiger partial charge in [0.2, 0.25) is 11.8 Å². The number of ether oxygens (including phenoxy) is 2. The van der Waals surface area contributed by atoms with Crippen molar-refractivity contribution in [3.05, 3.63) is 82.4 Å². The van der Waals surface area contributed by atoms with Crippen molar-refractivity contribution in [2.24, 2.45) is 5.92 Å². The SMILES string of the molecule is COc1ccc(S(=O)(=O)N(CC(=O)N(Cc2ccccc2Cl)[C@@H](C)C(=O)NCC(C)C)c2cc(C)cc(C)c2)cc1OC. The Morgan fingerprint density at radius 3 is 2.12 bits per heavy atom. The zero-order valence-electron chi connectivity index (χ0n) is 25.7. The summed E-state index contributed by atoms with van der Waals surface area (Å²) in [4.78, 5) is 28.6. The summed E-state index contributed by atoms with van der Waals surface area (Å²) in [6, 6.07) is 15.7. The molecule has 0 bridgehead atoms. The average molecular weight is 630 g/mol. The topological polar surface area (TPSA) is 105 Å². The smallest absolute Gasteiger partial charge is 0.264 e. The second kappa shape index (κ2) is 14.6. The Morgan fingerprint density at radius 2 is 1.53 bits per heavy atom. The summed E-state index contributed by atoms with van der Waals surface area (Å²) < 4.78 is 40.2. The molecule has 0 aliphatic heterocycles. The Morgan fingerprint density at radius 1 is 0.907 bits per heavy atom. The lowest BCUT2D eigenvalue weighted by Crippen LogP contribution is -2.51. The lowest BCUT2D eigenvalue weighted by molar-refractivity contribution is -0.139. The minimum absolute atomic E-state index is 0.00582. The Hall–Kier alpha value is -3.76. The molecule has 3 aromatic carbocycles. The first kappa shape index (κ1) is 33.7. The van der Waals surface area contributed by atoms with Crippen LogP contribution in [0.15, 0.2) is 65.6 Å². The van der Waals surface area contributed by atoms with Crippen LogP contribution in [0.5, 0.6) is 11.5 Å². The highest BCUT2D eigenvalue weighted by molar-refractivity contribution is 7.92. The third-order valence-electron chi connectivity index (χ3n) is 6.87. The lowest BCUT2D eigenvalue weighted by atomic mass is 10.1. The number of amides is 2. The van der Waals surface area contributed by atoms with Gasteiger partial charge in [-0.1, -0.05) is 49.7 Å². The molecule has 1 N–H and O–H groups in total. The van der Waals surface area contributed by atoms with Crippen LogP contribution in [0.2, 0.25) is 5.02 Å². The quantitative estimate of drug-likeness (QED) is 0.273. The van der Waals surface area contributed by atoms with Gasteiger partial charge in [-0.2, -0.15) is 0 Å². The van der Waals surface area contributed by atoms with Gasteiger partial charge < -0.3 is 19.7 Å². The fourth-order valence-corrected chi connectivity index (χ4v) is 6.18. The van der Waals surface area contributed by atoms with Crippen LogP contribution in [0, 0.1) is 19.8 Å². The second-order valence-electron chi connectivity index (χ2n) is 10.8. The van der Waals surface area contributed by atoms with Crippen LogP contribution in [0.3, 0.4) is 0 Å². The van der Waals surface area contributed by atoms with E-state index in [1.165, 1.54) is 37.3 Å². The molecule has 43 heavy (non-hydrogen) atoms. The van der Waals surface area contributed by atoms with Crippen molar-refractivity contribution in [3.63, 3.8) is 0 Å². The third-order valence-corrected chi connectivity index (χ3v) is 9.01. The molecule has 0 aliphatic rings. The molecule has 3 rings (SSSR count). The van der Waals surface area contributed by atoms with E-state index in [0.717, 1.165) is 15.4 Å². The van der Waals surface area contributed by atoms with Gasteiger partial charge in [0.1, 0.15) is 12.6 Å². The standard InChI is InChI=1S/C32H40ClN3O6S/c1-21(2)18-34-32(38)24(5)35(19-25-10-8-9-11-28(25)33)31(37)20-36(26-15-22(3)14-23(4)16-26)43(39,40)27-12-13-29(41-6)30(17-27)42-7/h8-17,21,24H,18-20H2,1-7H3,(H,34,38)/t24-/m0/s1. The first-order chi connectivity index (χ1) is 20.3. The monoisotopic (exact) mass is 629 g/mol. The van der Waals surface area contributed by atoms with E-state index in [0.29, 0.717) is 28.6 Å². The van der Waals surface area contributed by atoms with Crippen molar-refractivity contribution in [1.82, 2.24) is 10.2 Å². The summed E-state index contributed by atoms with van der Waals surface area (Å²) >= 11 is 6.44. The molecule has 0 aliphatic carbocycles. The fourth-order valence-electron chi connectivity index (χ4n) is 4.57. The van der Waals surface area contributed by atoms with E-state index in [2.05, 4.69) is 5.32 Å².